The standard InChI is InChI=1S/C14H13BrN2/c1-11-7-8-12(14(15)9-11)10-16-17-13-5-3-2-4-6-13/h2-10,17H,1H3. The van der Waals surface area contributed by atoms with Gasteiger partial charge >= 0.3 is 0 Å². The van der Waals surface area contributed by atoms with Gasteiger partial charge in [-0.15, -0.1) is 0 Å². The number of hydrogen-bond acceptors (Lipinski definition) is 2. The molecule has 2 aromatic carbocycles. The summed E-state index contributed by atoms with van der Waals surface area (Å²) in [6, 6.07) is 16.0. The maximum absolute atomic E-state index is 4.20. The van der Waals surface area contributed by atoms with E-state index in [1.54, 1.807) is 6.21 Å². The van der Waals surface area contributed by atoms with Crippen LogP contribution >= 0.6 is 15.9 Å². The molecule has 86 valence electrons. The van der Waals surface area contributed by atoms with E-state index in [0.717, 1.165) is 15.7 Å². The molecule has 2 nitrogen and oxygen atoms in total. The van der Waals surface area contributed by atoms with Crippen molar-refractivity contribution in [3.63, 3.8) is 0 Å². The van der Waals surface area contributed by atoms with Gasteiger partial charge in [-0.2, -0.15) is 5.10 Å². The Balaban J connectivity index is 2.06. The highest BCUT2D eigenvalue weighted by Crippen LogP contribution is 2.16. The Morgan fingerprint density at radius 3 is 2.59 bits per heavy atom. The van der Waals surface area contributed by atoms with Gasteiger partial charge in [-0.3, -0.25) is 5.43 Å². The molecule has 2 aromatic rings. The lowest BCUT2D eigenvalue weighted by Crippen LogP contribution is -1.91. The lowest BCUT2D eigenvalue weighted by Gasteiger charge is -2.01. The minimum atomic E-state index is 0.979. The van der Waals surface area contributed by atoms with Crippen LogP contribution < -0.4 is 5.43 Å². The highest BCUT2D eigenvalue weighted by molar-refractivity contribution is 9.10. The summed E-state index contributed by atoms with van der Waals surface area (Å²) in [4.78, 5) is 0. The Morgan fingerprint density at radius 2 is 1.88 bits per heavy atom. The van der Waals surface area contributed by atoms with Gasteiger partial charge in [-0.25, -0.2) is 0 Å². The van der Waals surface area contributed by atoms with Gasteiger partial charge in [0.15, 0.2) is 0 Å². The van der Waals surface area contributed by atoms with Gasteiger partial charge in [0.05, 0.1) is 11.9 Å². The second kappa shape index (κ2) is 5.64. The van der Waals surface area contributed by atoms with Crippen molar-refractivity contribution in [2.24, 2.45) is 5.10 Å². The van der Waals surface area contributed by atoms with Crippen molar-refractivity contribution in [2.75, 3.05) is 5.43 Å². The molecule has 0 fully saturated rings. The van der Waals surface area contributed by atoms with Crippen LogP contribution in [0.3, 0.4) is 0 Å². The molecule has 1 N–H and O–H groups in total. The fourth-order valence-electron chi connectivity index (χ4n) is 1.43. The van der Waals surface area contributed by atoms with Crippen molar-refractivity contribution in [1.82, 2.24) is 0 Å². The monoisotopic (exact) mass is 288 g/mol. The predicted molar refractivity (Wildman–Crippen MR) is 76.5 cm³/mol. The summed E-state index contributed by atoms with van der Waals surface area (Å²) in [5.41, 5.74) is 6.24. The topological polar surface area (TPSA) is 24.4 Å². The molecule has 0 aromatic heterocycles. The summed E-state index contributed by atoms with van der Waals surface area (Å²) in [7, 11) is 0. The molecule has 0 aliphatic rings. The number of halogens is 1. The third kappa shape index (κ3) is 3.43. The van der Waals surface area contributed by atoms with Gasteiger partial charge < -0.3 is 0 Å². The molecule has 0 aliphatic heterocycles. The number of rotatable bonds is 3. The third-order valence-electron chi connectivity index (χ3n) is 2.33. The highest BCUT2D eigenvalue weighted by atomic mass is 79.9. The van der Waals surface area contributed by atoms with E-state index in [0.29, 0.717) is 0 Å². The molecule has 0 aliphatic carbocycles. The van der Waals surface area contributed by atoms with Gasteiger partial charge in [-0.05, 0) is 30.7 Å². The Hall–Kier alpha value is -1.61. The van der Waals surface area contributed by atoms with Gasteiger partial charge in [0.1, 0.15) is 0 Å². The molecule has 0 radical (unpaired) electrons. The molecule has 17 heavy (non-hydrogen) atoms. The Morgan fingerprint density at radius 1 is 1.12 bits per heavy atom. The number of aryl methyl sites for hydroxylation is 1. The van der Waals surface area contributed by atoms with E-state index in [1.165, 1.54) is 5.56 Å². The van der Waals surface area contributed by atoms with Crippen LogP contribution in [-0.2, 0) is 0 Å². The average molecular weight is 289 g/mol. The number of hydrogen-bond donors (Lipinski definition) is 1. The molecule has 0 saturated heterocycles. The normalized spacial score (nSPS) is 10.7. The fraction of sp³-hybridized carbons (Fsp3) is 0.0714. The summed E-state index contributed by atoms with van der Waals surface area (Å²) in [6.07, 6.45) is 1.80. The quantitative estimate of drug-likeness (QED) is 0.664. The van der Waals surface area contributed by atoms with E-state index in [-0.39, 0.29) is 0 Å². The SMILES string of the molecule is Cc1ccc(C=NNc2ccccc2)c(Br)c1. The first-order valence-electron chi connectivity index (χ1n) is 5.36. The molecule has 0 saturated carbocycles. The van der Waals surface area contributed by atoms with Gasteiger partial charge in [0.2, 0.25) is 0 Å². The van der Waals surface area contributed by atoms with Crippen molar-refractivity contribution < 1.29 is 0 Å². The lowest BCUT2D eigenvalue weighted by atomic mass is 10.2. The lowest BCUT2D eigenvalue weighted by molar-refractivity contribution is 1.34. The molecule has 0 unspecified atom stereocenters. The number of nitrogens with zero attached hydrogens (tertiary/aromatic N) is 1. The van der Waals surface area contributed by atoms with E-state index >= 15 is 0 Å². The van der Waals surface area contributed by atoms with E-state index < -0.39 is 0 Å². The maximum atomic E-state index is 4.20. The summed E-state index contributed by atoms with van der Waals surface area (Å²) < 4.78 is 1.05. The Labute approximate surface area is 110 Å². The largest absolute Gasteiger partial charge is 0.279 e. The summed E-state index contributed by atoms with van der Waals surface area (Å²) in [6.45, 7) is 2.06. The Kier molecular flexibility index (Phi) is 3.94. The first-order valence-corrected chi connectivity index (χ1v) is 6.15. The summed E-state index contributed by atoms with van der Waals surface area (Å²) in [5.74, 6) is 0. The van der Waals surface area contributed by atoms with E-state index in [1.807, 2.05) is 36.4 Å². The summed E-state index contributed by atoms with van der Waals surface area (Å²) >= 11 is 3.51. The van der Waals surface area contributed by atoms with Crippen LogP contribution in [0.15, 0.2) is 58.1 Å². The first kappa shape index (κ1) is 11.9. The van der Waals surface area contributed by atoms with Crippen molar-refractivity contribution in [3.05, 3.63) is 64.1 Å². The van der Waals surface area contributed by atoms with Crippen LogP contribution in [0, 0.1) is 6.92 Å². The van der Waals surface area contributed by atoms with Crippen LogP contribution in [0.2, 0.25) is 0 Å². The number of anilines is 1. The molecule has 0 atom stereocenters. The number of para-hydroxylation sites is 1. The molecule has 0 amide bonds. The zero-order valence-corrected chi connectivity index (χ0v) is 11.1. The Bertz CT molecular complexity index is 521. The molecular weight excluding hydrogens is 276 g/mol. The molecule has 0 spiro atoms. The van der Waals surface area contributed by atoms with E-state index in [4.69, 9.17) is 0 Å². The fourth-order valence-corrected chi connectivity index (χ4v) is 2.02. The van der Waals surface area contributed by atoms with E-state index in [9.17, 15) is 0 Å². The van der Waals surface area contributed by atoms with Crippen LogP contribution in [0.25, 0.3) is 0 Å². The molecule has 2 rings (SSSR count). The van der Waals surface area contributed by atoms with Crippen molar-refractivity contribution in [3.8, 4) is 0 Å². The number of nitrogens with one attached hydrogen (secondary N) is 1. The van der Waals surface area contributed by atoms with Crippen LogP contribution in [-0.4, -0.2) is 6.21 Å². The second-order valence-corrected chi connectivity index (χ2v) is 4.62. The van der Waals surface area contributed by atoms with Gasteiger partial charge in [0.25, 0.3) is 0 Å². The van der Waals surface area contributed by atoms with Crippen molar-refractivity contribution >= 4 is 27.8 Å². The van der Waals surface area contributed by atoms with Gasteiger partial charge in [-0.1, -0.05) is 46.3 Å². The summed E-state index contributed by atoms with van der Waals surface area (Å²) in [5, 5.41) is 4.20. The third-order valence-corrected chi connectivity index (χ3v) is 3.01. The minimum Gasteiger partial charge on any atom is -0.279 e. The highest BCUT2D eigenvalue weighted by Gasteiger charge is 1.96. The minimum absolute atomic E-state index is 0.979. The molecule has 3 heteroatoms. The van der Waals surface area contributed by atoms with Gasteiger partial charge in [0, 0.05) is 10.0 Å². The molecule has 0 heterocycles. The van der Waals surface area contributed by atoms with Crippen LogP contribution in [0.5, 0.6) is 0 Å². The van der Waals surface area contributed by atoms with E-state index in [2.05, 4.69) is 45.5 Å². The van der Waals surface area contributed by atoms with Crippen LogP contribution in [0.1, 0.15) is 11.1 Å². The smallest absolute Gasteiger partial charge is 0.0561 e. The maximum Gasteiger partial charge on any atom is 0.0561 e. The molecule has 0 bridgehead atoms. The average Bonchev–Trinajstić information content (AvgIpc) is 2.33. The zero-order valence-electron chi connectivity index (χ0n) is 9.52. The van der Waals surface area contributed by atoms with Crippen LogP contribution in [0.4, 0.5) is 5.69 Å². The zero-order chi connectivity index (χ0) is 12.1. The van der Waals surface area contributed by atoms with Crippen molar-refractivity contribution in [2.45, 2.75) is 6.92 Å². The predicted octanol–water partition coefficient (Wildman–Crippen LogP) is 4.20. The number of benzene rings is 2. The first-order chi connectivity index (χ1) is 8.25. The van der Waals surface area contributed by atoms with Crippen molar-refractivity contribution in [1.29, 1.82) is 0 Å². The molecular formula is C14H13BrN2. The number of hydrazone groups is 1. The second-order valence-electron chi connectivity index (χ2n) is 3.76.